The first-order valence-corrected chi connectivity index (χ1v) is 9.77. The summed E-state index contributed by atoms with van der Waals surface area (Å²) in [6.07, 6.45) is 3.50. The first kappa shape index (κ1) is 17.4. The second-order valence-corrected chi connectivity index (χ2v) is 7.61. The summed E-state index contributed by atoms with van der Waals surface area (Å²) in [5.74, 6) is 0.759. The van der Waals surface area contributed by atoms with Crippen molar-refractivity contribution in [2.45, 2.75) is 32.2 Å². The van der Waals surface area contributed by atoms with E-state index in [1.54, 1.807) is 0 Å². The highest BCUT2D eigenvalue weighted by Gasteiger charge is 2.16. The number of rotatable bonds is 6. The Labute approximate surface area is 161 Å². The minimum atomic E-state index is 0.468. The van der Waals surface area contributed by atoms with Crippen LogP contribution in [0.3, 0.4) is 0 Å². The molecule has 136 valence electrons. The first-order chi connectivity index (χ1) is 12.7. The van der Waals surface area contributed by atoms with Gasteiger partial charge in [0, 0.05) is 16.2 Å². The Morgan fingerprint density at radius 1 is 1.31 bits per heavy atom. The molecule has 0 spiro atoms. The molecule has 1 atom stereocenters. The molecule has 5 nitrogen and oxygen atoms in total. The molecule has 0 bridgehead atoms. The fourth-order valence-corrected chi connectivity index (χ4v) is 3.53. The monoisotopic (exact) mass is 415 g/mol. The molecule has 4 rings (SSSR count). The smallest absolute Gasteiger partial charge is 0.300 e. The van der Waals surface area contributed by atoms with E-state index >= 15 is 0 Å². The van der Waals surface area contributed by atoms with Gasteiger partial charge in [-0.1, -0.05) is 15.9 Å². The summed E-state index contributed by atoms with van der Waals surface area (Å²) < 4.78 is 13.0. The van der Waals surface area contributed by atoms with Gasteiger partial charge < -0.3 is 19.8 Å². The lowest BCUT2D eigenvalue weighted by Crippen LogP contribution is -2.23. The van der Waals surface area contributed by atoms with E-state index in [-0.39, 0.29) is 0 Å². The quantitative estimate of drug-likeness (QED) is 0.581. The summed E-state index contributed by atoms with van der Waals surface area (Å²) in [5, 5.41) is 6.70. The summed E-state index contributed by atoms with van der Waals surface area (Å²) in [6.45, 7) is 3.83. The maximum atomic E-state index is 6.03. The van der Waals surface area contributed by atoms with Crippen molar-refractivity contribution in [2.75, 3.05) is 18.5 Å². The number of hydrogen-bond donors (Lipinski definition) is 2. The second kappa shape index (κ2) is 7.68. The number of fused-ring (bicyclic) bond motifs is 1. The molecule has 2 aromatic carbocycles. The van der Waals surface area contributed by atoms with Crippen LogP contribution >= 0.6 is 15.9 Å². The molecule has 6 heteroatoms. The molecule has 1 unspecified atom stereocenters. The van der Waals surface area contributed by atoms with E-state index in [4.69, 9.17) is 9.15 Å². The Bertz CT molecular complexity index is 886. The topological polar surface area (TPSA) is 59.3 Å². The largest absolute Gasteiger partial charge is 0.490 e. The number of ether oxygens (including phenoxy) is 1. The van der Waals surface area contributed by atoms with Crippen molar-refractivity contribution in [1.82, 2.24) is 10.3 Å². The van der Waals surface area contributed by atoms with Crippen molar-refractivity contribution in [3.05, 3.63) is 46.4 Å². The first-order valence-electron chi connectivity index (χ1n) is 8.97. The average Bonchev–Trinajstić information content (AvgIpc) is 3.26. The van der Waals surface area contributed by atoms with Crippen LogP contribution < -0.4 is 15.4 Å². The number of hydrogen-bond acceptors (Lipinski definition) is 5. The SMILES string of the molecule is Cc1cc(OCCC2CCCN2)c2oc(Nc3ccc(Br)cc3)nc2c1. The molecule has 1 aliphatic heterocycles. The standard InChI is InChI=1S/C20H22BrN3O2/c1-13-11-17-19(18(12-13)25-10-8-15-3-2-9-22-15)26-20(24-17)23-16-6-4-14(21)5-7-16/h4-7,11-12,15,22H,2-3,8-10H2,1H3,(H,23,24). The highest BCUT2D eigenvalue weighted by molar-refractivity contribution is 9.10. The molecular formula is C20H22BrN3O2. The van der Waals surface area contributed by atoms with Gasteiger partial charge in [0.05, 0.1) is 6.61 Å². The highest BCUT2D eigenvalue weighted by Crippen LogP contribution is 2.31. The van der Waals surface area contributed by atoms with Crippen molar-refractivity contribution in [2.24, 2.45) is 0 Å². The fourth-order valence-electron chi connectivity index (χ4n) is 3.27. The minimum Gasteiger partial charge on any atom is -0.490 e. The molecule has 2 heterocycles. The van der Waals surface area contributed by atoms with Crippen molar-refractivity contribution < 1.29 is 9.15 Å². The number of oxazole rings is 1. The number of benzene rings is 2. The maximum absolute atomic E-state index is 6.03. The highest BCUT2D eigenvalue weighted by atomic mass is 79.9. The predicted molar refractivity (Wildman–Crippen MR) is 107 cm³/mol. The normalized spacial score (nSPS) is 16.9. The van der Waals surface area contributed by atoms with E-state index in [1.807, 2.05) is 43.3 Å². The number of nitrogens with zero attached hydrogens (tertiary/aromatic N) is 1. The number of anilines is 2. The Morgan fingerprint density at radius 2 is 2.15 bits per heavy atom. The zero-order valence-corrected chi connectivity index (χ0v) is 16.3. The van der Waals surface area contributed by atoms with Gasteiger partial charge in [-0.05, 0) is 74.7 Å². The Hall–Kier alpha value is -2.05. The molecule has 2 N–H and O–H groups in total. The molecule has 26 heavy (non-hydrogen) atoms. The lowest BCUT2D eigenvalue weighted by molar-refractivity contribution is 0.291. The van der Waals surface area contributed by atoms with Crippen LogP contribution in [0.2, 0.25) is 0 Å². The lowest BCUT2D eigenvalue weighted by atomic mass is 10.2. The Balaban J connectivity index is 1.51. The van der Waals surface area contributed by atoms with Crippen LogP contribution in [0.4, 0.5) is 11.7 Å². The summed E-state index contributed by atoms with van der Waals surface area (Å²) >= 11 is 3.44. The van der Waals surface area contributed by atoms with Crippen LogP contribution in [0, 0.1) is 6.92 Å². The summed E-state index contributed by atoms with van der Waals surface area (Å²) in [7, 11) is 0. The third kappa shape index (κ3) is 4.02. The van der Waals surface area contributed by atoms with E-state index < -0.39 is 0 Å². The molecule has 0 saturated carbocycles. The lowest BCUT2D eigenvalue weighted by Gasteiger charge is -2.11. The predicted octanol–water partition coefficient (Wildman–Crippen LogP) is 5.16. The molecule has 1 aromatic heterocycles. The summed E-state index contributed by atoms with van der Waals surface area (Å²) in [5.41, 5.74) is 3.52. The minimum absolute atomic E-state index is 0.468. The number of aromatic nitrogens is 1. The van der Waals surface area contributed by atoms with Gasteiger partial charge in [0.1, 0.15) is 5.52 Å². The van der Waals surface area contributed by atoms with E-state index in [1.165, 1.54) is 12.8 Å². The number of aryl methyl sites for hydroxylation is 1. The van der Waals surface area contributed by atoms with Gasteiger partial charge in [-0.15, -0.1) is 0 Å². The van der Waals surface area contributed by atoms with Crippen molar-refractivity contribution in [3.63, 3.8) is 0 Å². The van der Waals surface area contributed by atoms with Crippen molar-refractivity contribution in [3.8, 4) is 5.75 Å². The van der Waals surface area contributed by atoms with Gasteiger partial charge in [-0.25, -0.2) is 0 Å². The van der Waals surface area contributed by atoms with Gasteiger partial charge in [0.2, 0.25) is 0 Å². The third-order valence-electron chi connectivity index (χ3n) is 4.58. The molecule has 1 aliphatic rings. The summed E-state index contributed by atoms with van der Waals surface area (Å²) in [6, 6.07) is 12.9. The average molecular weight is 416 g/mol. The number of nitrogens with one attached hydrogen (secondary N) is 2. The molecular weight excluding hydrogens is 394 g/mol. The zero-order valence-electron chi connectivity index (χ0n) is 14.7. The van der Waals surface area contributed by atoms with Gasteiger partial charge in [0.25, 0.3) is 6.01 Å². The molecule has 1 fully saturated rings. The van der Waals surface area contributed by atoms with Crippen LogP contribution in [0.5, 0.6) is 5.75 Å². The van der Waals surface area contributed by atoms with E-state index in [9.17, 15) is 0 Å². The van der Waals surface area contributed by atoms with Crippen LogP contribution in [-0.2, 0) is 0 Å². The second-order valence-electron chi connectivity index (χ2n) is 6.69. The summed E-state index contributed by atoms with van der Waals surface area (Å²) in [4.78, 5) is 4.56. The molecule has 0 aliphatic carbocycles. The zero-order chi connectivity index (χ0) is 17.9. The van der Waals surface area contributed by atoms with Crippen LogP contribution in [0.1, 0.15) is 24.8 Å². The van der Waals surface area contributed by atoms with Gasteiger partial charge in [0.15, 0.2) is 11.3 Å². The fraction of sp³-hybridized carbons (Fsp3) is 0.350. The van der Waals surface area contributed by atoms with E-state index in [0.29, 0.717) is 24.2 Å². The number of halogens is 1. The van der Waals surface area contributed by atoms with Crippen molar-refractivity contribution >= 4 is 38.7 Å². The third-order valence-corrected chi connectivity index (χ3v) is 5.11. The maximum Gasteiger partial charge on any atom is 0.300 e. The van der Waals surface area contributed by atoms with Crippen molar-refractivity contribution in [1.29, 1.82) is 0 Å². The molecule has 0 radical (unpaired) electrons. The van der Waals surface area contributed by atoms with Crippen LogP contribution in [-0.4, -0.2) is 24.2 Å². The Morgan fingerprint density at radius 3 is 2.92 bits per heavy atom. The van der Waals surface area contributed by atoms with E-state index in [2.05, 4.69) is 31.5 Å². The molecule has 0 amide bonds. The molecule has 3 aromatic rings. The van der Waals surface area contributed by atoms with Gasteiger partial charge in [-0.2, -0.15) is 4.98 Å². The van der Waals surface area contributed by atoms with E-state index in [0.717, 1.165) is 40.0 Å². The van der Waals surface area contributed by atoms with Crippen LogP contribution in [0.15, 0.2) is 45.3 Å². The Kier molecular flexibility index (Phi) is 5.13. The van der Waals surface area contributed by atoms with Gasteiger partial charge >= 0.3 is 0 Å². The van der Waals surface area contributed by atoms with Crippen LogP contribution in [0.25, 0.3) is 11.1 Å². The van der Waals surface area contributed by atoms with Gasteiger partial charge in [-0.3, -0.25) is 0 Å². The molecule has 1 saturated heterocycles.